The Balaban J connectivity index is 1.90. The zero-order valence-electron chi connectivity index (χ0n) is 18.6. The second-order valence-electron chi connectivity index (χ2n) is 7.06. The fraction of sp³-hybridized carbons (Fsp3) is 0.261. The maximum Gasteiger partial charge on any atom is 0.308 e. The number of nitrogens with zero attached hydrogens (tertiary/aromatic N) is 4. The number of benzene rings is 2. The number of ether oxygens (including phenoxy) is 3. The third kappa shape index (κ3) is 4.47. The number of rotatable bonds is 5. The maximum absolute atomic E-state index is 12.9. The number of hydrogen-bond donors (Lipinski definition) is 0. The van der Waals surface area contributed by atoms with Crippen molar-refractivity contribution < 1.29 is 23.8 Å². The molecule has 0 unspecified atom stereocenters. The number of para-hydroxylation sites is 1. The van der Waals surface area contributed by atoms with Crippen LogP contribution in [0.25, 0.3) is 11.3 Å². The van der Waals surface area contributed by atoms with Gasteiger partial charge >= 0.3 is 5.97 Å². The molecule has 170 valence electrons. The molecule has 9 nitrogen and oxygen atoms in total. The van der Waals surface area contributed by atoms with E-state index in [9.17, 15) is 9.59 Å². The standard InChI is InChI=1S/C23H22N4O5S/c1-5-33-23-24-21-20(25-26-23)16-8-6-7-9-17(16)27(13(2)28)22(32-21)15-10-11-18(31-14(3)29)19(12-15)30-4/h6-12,22H,5H2,1-4H3/t22-/m0/s1. The van der Waals surface area contributed by atoms with E-state index in [0.717, 1.165) is 5.75 Å². The first-order chi connectivity index (χ1) is 15.9. The molecule has 0 saturated carbocycles. The van der Waals surface area contributed by atoms with Crippen molar-refractivity contribution >= 4 is 29.3 Å². The Morgan fingerprint density at radius 3 is 2.61 bits per heavy atom. The van der Waals surface area contributed by atoms with Gasteiger partial charge in [0, 0.05) is 25.0 Å². The smallest absolute Gasteiger partial charge is 0.308 e. The SMILES string of the molecule is CCSc1nnc2c(n1)O[C@@H](c1ccc(OC(C)=O)c(OC)c1)N(C(C)=O)c1ccccc1-2. The molecule has 0 spiro atoms. The van der Waals surface area contributed by atoms with Crippen LogP contribution in [-0.2, 0) is 9.59 Å². The monoisotopic (exact) mass is 466 g/mol. The van der Waals surface area contributed by atoms with Gasteiger partial charge < -0.3 is 14.2 Å². The van der Waals surface area contributed by atoms with Crippen LogP contribution in [-0.4, -0.2) is 39.9 Å². The summed E-state index contributed by atoms with van der Waals surface area (Å²) >= 11 is 1.44. The Morgan fingerprint density at radius 2 is 1.91 bits per heavy atom. The summed E-state index contributed by atoms with van der Waals surface area (Å²) in [5, 5.41) is 9.05. The van der Waals surface area contributed by atoms with Gasteiger partial charge in [-0.05, 0) is 30.0 Å². The van der Waals surface area contributed by atoms with Gasteiger partial charge in [0.15, 0.2) is 17.2 Å². The predicted molar refractivity (Wildman–Crippen MR) is 122 cm³/mol. The Morgan fingerprint density at radius 1 is 1.12 bits per heavy atom. The van der Waals surface area contributed by atoms with Crippen molar-refractivity contribution in [3.63, 3.8) is 0 Å². The molecule has 1 aliphatic heterocycles. The molecule has 1 amide bonds. The van der Waals surface area contributed by atoms with Crippen LogP contribution in [0.1, 0.15) is 32.6 Å². The number of fused-ring (bicyclic) bond motifs is 3. The Hall–Kier alpha value is -3.66. The molecule has 10 heteroatoms. The molecule has 0 aliphatic carbocycles. The third-order valence-corrected chi connectivity index (χ3v) is 5.57. The van der Waals surface area contributed by atoms with E-state index in [-0.39, 0.29) is 17.5 Å². The van der Waals surface area contributed by atoms with Crippen LogP contribution in [0.2, 0.25) is 0 Å². The van der Waals surface area contributed by atoms with Crippen LogP contribution in [0.4, 0.5) is 5.69 Å². The Bertz CT molecular complexity index is 1220. The van der Waals surface area contributed by atoms with Crippen LogP contribution in [0.5, 0.6) is 17.4 Å². The lowest BCUT2D eigenvalue weighted by atomic mass is 10.1. The lowest BCUT2D eigenvalue weighted by Gasteiger charge is -2.30. The molecule has 4 rings (SSSR count). The highest BCUT2D eigenvalue weighted by atomic mass is 32.2. The Kier molecular flexibility index (Phi) is 6.45. The first kappa shape index (κ1) is 22.5. The number of methoxy groups -OCH3 is 1. The quantitative estimate of drug-likeness (QED) is 0.313. The summed E-state index contributed by atoms with van der Waals surface area (Å²) in [5.74, 6) is 0.932. The number of anilines is 1. The normalized spacial score (nSPS) is 14.4. The molecule has 1 atom stereocenters. The van der Waals surface area contributed by atoms with Crippen molar-refractivity contribution in [1.29, 1.82) is 0 Å². The third-order valence-electron chi connectivity index (χ3n) is 4.85. The summed E-state index contributed by atoms with van der Waals surface area (Å²) in [4.78, 5) is 30.4. The van der Waals surface area contributed by atoms with Gasteiger partial charge in [-0.15, -0.1) is 10.2 Å². The predicted octanol–water partition coefficient (Wildman–Crippen LogP) is 4.03. The van der Waals surface area contributed by atoms with Crippen molar-refractivity contribution in [2.45, 2.75) is 32.2 Å². The number of thioether (sulfide) groups is 1. The topological polar surface area (TPSA) is 104 Å². The molecule has 0 radical (unpaired) electrons. The van der Waals surface area contributed by atoms with Gasteiger partial charge in [0.1, 0.15) is 0 Å². The second kappa shape index (κ2) is 9.45. The summed E-state index contributed by atoms with van der Waals surface area (Å²) < 4.78 is 17.0. The molecule has 2 aromatic carbocycles. The highest BCUT2D eigenvalue weighted by molar-refractivity contribution is 7.99. The number of amides is 1. The second-order valence-corrected chi connectivity index (χ2v) is 8.29. The van der Waals surface area contributed by atoms with Gasteiger partial charge in [0.25, 0.3) is 0 Å². The largest absolute Gasteiger partial charge is 0.493 e. The van der Waals surface area contributed by atoms with Crippen molar-refractivity contribution in [2.24, 2.45) is 0 Å². The highest BCUT2D eigenvalue weighted by Crippen LogP contribution is 2.44. The number of carbonyl (C=O) groups excluding carboxylic acids is 2. The van der Waals surface area contributed by atoms with Crippen LogP contribution in [0, 0.1) is 0 Å². The first-order valence-electron chi connectivity index (χ1n) is 10.2. The van der Waals surface area contributed by atoms with E-state index >= 15 is 0 Å². The molecular formula is C23H22N4O5S. The van der Waals surface area contributed by atoms with E-state index in [1.807, 2.05) is 31.2 Å². The molecule has 0 fully saturated rings. The average molecular weight is 467 g/mol. The van der Waals surface area contributed by atoms with E-state index in [2.05, 4.69) is 15.2 Å². The van der Waals surface area contributed by atoms with E-state index in [0.29, 0.717) is 33.4 Å². The zero-order chi connectivity index (χ0) is 23.5. The molecule has 1 aliphatic rings. The van der Waals surface area contributed by atoms with Crippen molar-refractivity contribution in [2.75, 3.05) is 17.8 Å². The molecule has 1 aromatic heterocycles. The van der Waals surface area contributed by atoms with Crippen LogP contribution in [0.15, 0.2) is 47.6 Å². The maximum atomic E-state index is 12.9. The van der Waals surface area contributed by atoms with Crippen molar-refractivity contribution in [1.82, 2.24) is 15.2 Å². The lowest BCUT2D eigenvalue weighted by molar-refractivity contribution is -0.132. The molecular weight excluding hydrogens is 444 g/mol. The first-order valence-corrected chi connectivity index (χ1v) is 11.2. The van der Waals surface area contributed by atoms with Crippen LogP contribution in [0.3, 0.4) is 0 Å². The fourth-order valence-corrected chi connectivity index (χ4v) is 4.04. The van der Waals surface area contributed by atoms with E-state index in [1.54, 1.807) is 18.2 Å². The van der Waals surface area contributed by atoms with E-state index in [1.165, 1.54) is 37.6 Å². The lowest BCUT2D eigenvalue weighted by Crippen LogP contribution is -2.36. The summed E-state index contributed by atoms with van der Waals surface area (Å²) in [6.45, 7) is 4.77. The minimum atomic E-state index is -0.874. The zero-order valence-corrected chi connectivity index (χ0v) is 19.4. The van der Waals surface area contributed by atoms with E-state index in [4.69, 9.17) is 14.2 Å². The minimum Gasteiger partial charge on any atom is -0.493 e. The van der Waals surface area contributed by atoms with Gasteiger partial charge in [0.05, 0.1) is 12.8 Å². The summed E-state index contributed by atoms with van der Waals surface area (Å²) in [7, 11) is 1.47. The molecule has 33 heavy (non-hydrogen) atoms. The molecule has 2 heterocycles. The Labute approximate surface area is 195 Å². The van der Waals surface area contributed by atoms with Crippen molar-refractivity contribution in [3.8, 4) is 28.6 Å². The summed E-state index contributed by atoms with van der Waals surface area (Å²) in [6.07, 6.45) is -0.874. The van der Waals surface area contributed by atoms with Crippen LogP contribution < -0.4 is 19.1 Å². The highest BCUT2D eigenvalue weighted by Gasteiger charge is 2.35. The van der Waals surface area contributed by atoms with Crippen molar-refractivity contribution in [3.05, 3.63) is 48.0 Å². The fourth-order valence-electron chi connectivity index (χ4n) is 3.54. The summed E-state index contributed by atoms with van der Waals surface area (Å²) in [6, 6.07) is 12.4. The van der Waals surface area contributed by atoms with Gasteiger partial charge in [-0.2, -0.15) is 4.98 Å². The van der Waals surface area contributed by atoms with Gasteiger partial charge in [-0.25, -0.2) is 0 Å². The van der Waals surface area contributed by atoms with Crippen LogP contribution >= 0.6 is 11.8 Å². The van der Waals surface area contributed by atoms with Gasteiger partial charge in [-0.3, -0.25) is 14.5 Å². The number of hydrogen-bond acceptors (Lipinski definition) is 9. The molecule has 0 N–H and O–H groups in total. The number of esters is 1. The molecule has 0 saturated heterocycles. The summed E-state index contributed by atoms with van der Waals surface area (Å²) in [5.41, 5.74) is 2.35. The number of carbonyl (C=O) groups is 2. The average Bonchev–Trinajstić information content (AvgIpc) is 2.93. The van der Waals surface area contributed by atoms with Gasteiger partial charge in [-0.1, -0.05) is 36.9 Å². The molecule has 3 aromatic rings. The van der Waals surface area contributed by atoms with Gasteiger partial charge in [0.2, 0.25) is 23.2 Å². The minimum absolute atomic E-state index is 0.237. The van der Waals surface area contributed by atoms with E-state index < -0.39 is 12.2 Å². The molecule has 0 bridgehead atoms. The number of aromatic nitrogens is 3.